The van der Waals surface area contributed by atoms with E-state index in [0.717, 1.165) is 23.7 Å². The molecular formula is C18H21N3O2S. The number of thiophene rings is 1. The Bertz CT molecular complexity index is 776. The SMILES string of the molecule is COC(CCc1scc2c(N)ncnc12)COCc1ccccc1. The summed E-state index contributed by atoms with van der Waals surface area (Å²) in [7, 11) is 1.73. The molecule has 1 atom stereocenters. The van der Waals surface area contributed by atoms with Crippen LogP contribution >= 0.6 is 11.3 Å². The first-order chi connectivity index (χ1) is 11.8. The lowest BCUT2D eigenvalue weighted by Crippen LogP contribution is -2.19. The van der Waals surface area contributed by atoms with Gasteiger partial charge in [0.1, 0.15) is 12.1 Å². The largest absolute Gasteiger partial charge is 0.383 e. The minimum absolute atomic E-state index is 0.0602. The molecule has 0 aliphatic carbocycles. The second kappa shape index (κ2) is 8.19. The fourth-order valence-corrected chi connectivity index (χ4v) is 3.56. The third kappa shape index (κ3) is 4.08. The number of aromatic nitrogens is 2. The zero-order valence-corrected chi connectivity index (χ0v) is 14.5. The molecule has 2 heterocycles. The smallest absolute Gasteiger partial charge is 0.135 e. The Balaban J connectivity index is 1.52. The highest BCUT2D eigenvalue weighted by molar-refractivity contribution is 7.11. The van der Waals surface area contributed by atoms with Crippen LogP contribution < -0.4 is 5.73 Å². The Morgan fingerprint density at radius 1 is 1.21 bits per heavy atom. The van der Waals surface area contributed by atoms with Crippen LogP contribution in [0.4, 0.5) is 5.82 Å². The fraction of sp³-hybridized carbons (Fsp3) is 0.333. The van der Waals surface area contributed by atoms with E-state index in [1.54, 1.807) is 18.4 Å². The van der Waals surface area contributed by atoms with Crippen LogP contribution in [0.5, 0.6) is 0 Å². The molecule has 0 radical (unpaired) electrons. The van der Waals surface area contributed by atoms with Gasteiger partial charge in [0.25, 0.3) is 0 Å². The number of anilines is 1. The van der Waals surface area contributed by atoms with Crippen LogP contribution in [0.1, 0.15) is 16.9 Å². The summed E-state index contributed by atoms with van der Waals surface area (Å²) >= 11 is 1.67. The average Bonchev–Trinajstić information content (AvgIpc) is 3.03. The van der Waals surface area contributed by atoms with E-state index >= 15 is 0 Å². The van der Waals surface area contributed by atoms with Crippen LogP contribution in [0.15, 0.2) is 42.0 Å². The molecule has 0 bridgehead atoms. The van der Waals surface area contributed by atoms with Gasteiger partial charge in [0.15, 0.2) is 0 Å². The molecule has 0 amide bonds. The van der Waals surface area contributed by atoms with E-state index in [1.807, 2.05) is 23.6 Å². The third-order valence-corrected chi connectivity index (χ3v) is 4.98. The summed E-state index contributed by atoms with van der Waals surface area (Å²) in [6, 6.07) is 10.2. The van der Waals surface area contributed by atoms with Gasteiger partial charge >= 0.3 is 0 Å². The number of ether oxygens (including phenoxy) is 2. The Labute approximate surface area is 145 Å². The summed E-state index contributed by atoms with van der Waals surface area (Å²) in [4.78, 5) is 9.60. The topological polar surface area (TPSA) is 70.3 Å². The van der Waals surface area contributed by atoms with Crippen LogP contribution in [0, 0.1) is 0 Å². The van der Waals surface area contributed by atoms with Crippen molar-refractivity contribution < 1.29 is 9.47 Å². The number of fused-ring (bicyclic) bond motifs is 1. The molecule has 2 aromatic heterocycles. The van der Waals surface area contributed by atoms with Crippen LogP contribution in [-0.2, 0) is 22.5 Å². The molecule has 0 saturated carbocycles. The van der Waals surface area contributed by atoms with Crippen molar-refractivity contribution in [3.8, 4) is 0 Å². The molecule has 2 N–H and O–H groups in total. The molecule has 0 fully saturated rings. The van der Waals surface area contributed by atoms with Gasteiger partial charge in [-0.15, -0.1) is 11.3 Å². The van der Waals surface area contributed by atoms with Gasteiger partial charge in [-0.1, -0.05) is 30.3 Å². The van der Waals surface area contributed by atoms with Crippen molar-refractivity contribution in [2.24, 2.45) is 0 Å². The maximum absolute atomic E-state index is 5.88. The van der Waals surface area contributed by atoms with Crippen molar-refractivity contribution in [1.29, 1.82) is 0 Å². The molecule has 3 rings (SSSR count). The van der Waals surface area contributed by atoms with Crippen LogP contribution in [-0.4, -0.2) is 29.8 Å². The standard InChI is InChI=1S/C18H21N3O2S/c1-22-14(10-23-9-13-5-3-2-4-6-13)7-8-16-17-15(11-24-16)18(19)21-12-20-17/h2-6,11-12,14H,7-10H2,1H3,(H2,19,20,21). The summed E-state index contributed by atoms with van der Waals surface area (Å²) < 4.78 is 11.3. The van der Waals surface area contributed by atoms with Crippen molar-refractivity contribution in [1.82, 2.24) is 9.97 Å². The molecule has 0 aliphatic rings. The predicted molar refractivity (Wildman–Crippen MR) is 97.0 cm³/mol. The first kappa shape index (κ1) is 16.8. The van der Waals surface area contributed by atoms with Gasteiger partial charge in [0.2, 0.25) is 0 Å². The van der Waals surface area contributed by atoms with Crippen molar-refractivity contribution >= 4 is 28.1 Å². The Hall–Kier alpha value is -2.02. The number of nitrogen functional groups attached to an aromatic ring is 1. The zero-order chi connectivity index (χ0) is 16.8. The number of rotatable bonds is 8. The molecule has 1 unspecified atom stereocenters. The van der Waals surface area contributed by atoms with E-state index in [2.05, 4.69) is 22.1 Å². The maximum Gasteiger partial charge on any atom is 0.135 e. The number of hydrogen-bond acceptors (Lipinski definition) is 6. The van der Waals surface area contributed by atoms with E-state index < -0.39 is 0 Å². The van der Waals surface area contributed by atoms with Gasteiger partial charge in [0.05, 0.1) is 30.2 Å². The van der Waals surface area contributed by atoms with Gasteiger partial charge in [-0.05, 0) is 18.4 Å². The molecule has 0 spiro atoms. The van der Waals surface area contributed by atoms with Gasteiger partial charge in [-0.3, -0.25) is 0 Å². The number of nitrogens with two attached hydrogens (primary N) is 1. The monoisotopic (exact) mass is 343 g/mol. The molecular weight excluding hydrogens is 322 g/mol. The number of methoxy groups -OCH3 is 1. The second-order valence-corrected chi connectivity index (χ2v) is 6.54. The Morgan fingerprint density at radius 2 is 2.04 bits per heavy atom. The maximum atomic E-state index is 5.88. The van der Waals surface area contributed by atoms with Crippen LogP contribution in [0.3, 0.4) is 0 Å². The van der Waals surface area contributed by atoms with Crippen LogP contribution in [0.25, 0.3) is 10.9 Å². The lowest BCUT2D eigenvalue weighted by Gasteiger charge is -2.15. The molecule has 0 saturated heterocycles. The summed E-state index contributed by atoms with van der Waals surface area (Å²) in [5.41, 5.74) is 8.01. The number of aryl methyl sites for hydroxylation is 1. The number of benzene rings is 1. The normalized spacial score (nSPS) is 12.5. The summed E-state index contributed by atoms with van der Waals surface area (Å²) in [5, 5.41) is 2.96. The highest BCUT2D eigenvalue weighted by Gasteiger charge is 2.13. The van der Waals surface area contributed by atoms with Crippen molar-refractivity contribution in [2.75, 3.05) is 19.5 Å². The molecule has 3 aromatic rings. The summed E-state index contributed by atoms with van der Waals surface area (Å²) in [6.07, 6.45) is 3.35. The van der Waals surface area contributed by atoms with Crippen molar-refractivity contribution in [2.45, 2.75) is 25.6 Å². The molecule has 24 heavy (non-hydrogen) atoms. The minimum atomic E-state index is 0.0602. The first-order valence-electron chi connectivity index (χ1n) is 7.89. The van der Waals surface area contributed by atoms with Gasteiger partial charge in [-0.25, -0.2) is 9.97 Å². The molecule has 1 aromatic carbocycles. The average molecular weight is 343 g/mol. The van der Waals surface area contributed by atoms with Crippen LogP contribution in [0.2, 0.25) is 0 Å². The second-order valence-electron chi connectivity index (χ2n) is 5.58. The van der Waals surface area contributed by atoms with E-state index in [0.29, 0.717) is 19.0 Å². The van der Waals surface area contributed by atoms with E-state index in [-0.39, 0.29) is 6.10 Å². The molecule has 0 aliphatic heterocycles. The Kier molecular flexibility index (Phi) is 5.74. The highest BCUT2D eigenvalue weighted by atomic mass is 32.1. The quantitative estimate of drug-likeness (QED) is 0.678. The zero-order valence-electron chi connectivity index (χ0n) is 13.6. The number of nitrogens with zero attached hydrogens (tertiary/aromatic N) is 2. The molecule has 126 valence electrons. The lowest BCUT2D eigenvalue weighted by molar-refractivity contribution is -0.00155. The van der Waals surface area contributed by atoms with Crippen molar-refractivity contribution in [3.05, 3.63) is 52.5 Å². The van der Waals surface area contributed by atoms with E-state index in [1.165, 1.54) is 16.8 Å². The molecule has 6 heteroatoms. The third-order valence-electron chi connectivity index (χ3n) is 3.94. The first-order valence-corrected chi connectivity index (χ1v) is 8.77. The van der Waals surface area contributed by atoms with Gasteiger partial charge in [-0.2, -0.15) is 0 Å². The van der Waals surface area contributed by atoms with Gasteiger partial charge in [0, 0.05) is 17.4 Å². The molecule has 5 nitrogen and oxygen atoms in total. The van der Waals surface area contributed by atoms with E-state index in [9.17, 15) is 0 Å². The Morgan fingerprint density at radius 3 is 2.83 bits per heavy atom. The summed E-state index contributed by atoms with van der Waals surface area (Å²) in [6.45, 7) is 1.18. The lowest BCUT2D eigenvalue weighted by atomic mass is 10.1. The highest BCUT2D eigenvalue weighted by Crippen LogP contribution is 2.28. The van der Waals surface area contributed by atoms with Crippen molar-refractivity contribution in [3.63, 3.8) is 0 Å². The minimum Gasteiger partial charge on any atom is -0.383 e. The number of hydrogen-bond donors (Lipinski definition) is 1. The fourth-order valence-electron chi connectivity index (χ4n) is 2.55. The van der Waals surface area contributed by atoms with E-state index in [4.69, 9.17) is 15.2 Å². The van der Waals surface area contributed by atoms with Gasteiger partial charge < -0.3 is 15.2 Å². The predicted octanol–water partition coefficient (Wildman–Crippen LogP) is 3.44. The summed E-state index contributed by atoms with van der Waals surface area (Å²) in [5.74, 6) is 0.539.